The number of anilines is 2. The van der Waals surface area contributed by atoms with Crippen LogP contribution >= 0.6 is 11.6 Å². The van der Waals surface area contributed by atoms with Gasteiger partial charge >= 0.3 is 0 Å². The number of methoxy groups -OCH3 is 1. The Morgan fingerprint density at radius 3 is 2.43 bits per heavy atom. The van der Waals surface area contributed by atoms with Crippen LogP contribution in [0.4, 0.5) is 11.4 Å². The molecule has 0 aromatic heterocycles. The smallest absolute Gasteiger partial charge is 0.244 e. The monoisotopic (exact) mass is 332 g/mol. The van der Waals surface area contributed by atoms with Crippen LogP contribution in [0, 0.1) is 0 Å². The molecule has 0 bridgehead atoms. The highest BCUT2D eigenvalue weighted by molar-refractivity contribution is 6.30. The third-order valence-electron chi connectivity index (χ3n) is 3.17. The molecular formula is C17H17ClN2O3. The van der Waals surface area contributed by atoms with Gasteiger partial charge in [0.25, 0.3) is 0 Å². The molecule has 120 valence electrons. The van der Waals surface area contributed by atoms with Crippen LogP contribution in [-0.2, 0) is 9.59 Å². The summed E-state index contributed by atoms with van der Waals surface area (Å²) >= 11 is 5.88. The topological polar surface area (TPSA) is 58.6 Å². The molecule has 0 heterocycles. The Balaban J connectivity index is 2.09. The predicted octanol–water partition coefficient (Wildman–Crippen LogP) is 3.34. The van der Waals surface area contributed by atoms with Crippen molar-refractivity contribution in [3.05, 3.63) is 53.6 Å². The minimum atomic E-state index is -0.307. The Kier molecular flexibility index (Phi) is 5.60. The van der Waals surface area contributed by atoms with E-state index in [0.717, 1.165) is 0 Å². The highest BCUT2D eigenvalue weighted by Crippen LogP contribution is 2.20. The Morgan fingerprint density at radius 1 is 1.17 bits per heavy atom. The predicted molar refractivity (Wildman–Crippen MR) is 91.1 cm³/mol. The van der Waals surface area contributed by atoms with Gasteiger partial charge in [-0.15, -0.1) is 0 Å². The molecule has 2 rings (SSSR count). The number of nitrogens with zero attached hydrogens (tertiary/aromatic N) is 1. The summed E-state index contributed by atoms with van der Waals surface area (Å²) in [5, 5.41) is 3.25. The third kappa shape index (κ3) is 4.72. The van der Waals surface area contributed by atoms with E-state index in [1.165, 1.54) is 11.8 Å². The molecule has 0 radical (unpaired) electrons. The maximum atomic E-state index is 12.2. The summed E-state index contributed by atoms with van der Waals surface area (Å²) in [6.07, 6.45) is 0. The molecule has 1 N–H and O–H groups in total. The molecule has 2 aromatic carbocycles. The van der Waals surface area contributed by atoms with Crippen LogP contribution < -0.4 is 15.0 Å². The maximum absolute atomic E-state index is 12.2. The molecule has 6 heteroatoms. The summed E-state index contributed by atoms with van der Waals surface area (Å²) in [6, 6.07) is 13.8. The number of benzene rings is 2. The summed E-state index contributed by atoms with van der Waals surface area (Å²) in [4.78, 5) is 25.4. The average Bonchev–Trinajstić information content (AvgIpc) is 2.52. The average molecular weight is 333 g/mol. The summed E-state index contributed by atoms with van der Waals surface area (Å²) < 4.78 is 5.09. The number of nitrogens with one attached hydrogen (secondary N) is 1. The lowest BCUT2D eigenvalue weighted by Gasteiger charge is -2.21. The van der Waals surface area contributed by atoms with Crippen molar-refractivity contribution in [2.75, 3.05) is 23.9 Å². The van der Waals surface area contributed by atoms with Gasteiger partial charge in [-0.1, -0.05) is 17.7 Å². The van der Waals surface area contributed by atoms with E-state index in [1.807, 2.05) is 0 Å². The van der Waals surface area contributed by atoms with Gasteiger partial charge in [-0.3, -0.25) is 9.59 Å². The Morgan fingerprint density at radius 2 is 1.87 bits per heavy atom. The molecule has 23 heavy (non-hydrogen) atoms. The van der Waals surface area contributed by atoms with Crippen LogP contribution in [0.1, 0.15) is 6.92 Å². The van der Waals surface area contributed by atoms with Gasteiger partial charge in [0, 0.05) is 23.3 Å². The lowest BCUT2D eigenvalue weighted by molar-refractivity contribution is -0.120. The fourth-order valence-corrected chi connectivity index (χ4v) is 2.25. The first-order chi connectivity index (χ1) is 11.0. The molecule has 0 atom stereocenters. The maximum Gasteiger partial charge on any atom is 0.244 e. The van der Waals surface area contributed by atoms with Gasteiger partial charge in [0.2, 0.25) is 11.8 Å². The molecule has 0 saturated heterocycles. The lowest BCUT2D eigenvalue weighted by Crippen LogP contribution is -2.36. The molecule has 0 fully saturated rings. The van der Waals surface area contributed by atoms with Crippen LogP contribution in [0.25, 0.3) is 0 Å². The van der Waals surface area contributed by atoms with Crippen LogP contribution in [0.5, 0.6) is 5.75 Å². The Labute approximate surface area is 139 Å². The van der Waals surface area contributed by atoms with Crippen LogP contribution in [-0.4, -0.2) is 25.5 Å². The van der Waals surface area contributed by atoms with Crippen molar-refractivity contribution in [2.45, 2.75) is 6.92 Å². The number of halogens is 1. The van der Waals surface area contributed by atoms with Gasteiger partial charge in [0.1, 0.15) is 12.3 Å². The molecule has 0 aliphatic rings. The normalized spacial score (nSPS) is 10.0. The Bertz CT molecular complexity index is 701. The van der Waals surface area contributed by atoms with Crippen molar-refractivity contribution in [3.8, 4) is 5.75 Å². The summed E-state index contributed by atoms with van der Waals surface area (Å²) in [5.41, 5.74) is 1.21. The van der Waals surface area contributed by atoms with Crippen molar-refractivity contribution in [3.63, 3.8) is 0 Å². The summed E-state index contributed by atoms with van der Waals surface area (Å²) in [6.45, 7) is 1.32. The van der Waals surface area contributed by atoms with E-state index < -0.39 is 0 Å². The van der Waals surface area contributed by atoms with E-state index in [2.05, 4.69) is 5.32 Å². The van der Waals surface area contributed by atoms with Crippen LogP contribution in [0.15, 0.2) is 48.5 Å². The number of hydrogen-bond donors (Lipinski definition) is 1. The van der Waals surface area contributed by atoms with Gasteiger partial charge in [0.05, 0.1) is 7.11 Å². The minimum Gasteiger partial charge on any atom is -0.497 e. The van der Waals surface area contributed by atoms with Crippen molar-refractivity contribution >= 4 is 34.8 Å². The van der Waals surface area contributed by atoms with Gasteiger partial charge in [-0.05, 0) is 42.5 Å². The zero-order chi connectivity index (χ0) is 16.8. The number of carbonyl (C=O) groups is 2. The zero-order valence-corrected chi connectivity index (χ0v) is 13.6. The lowest BCUT2D eigenvalue weighted by atomic mass is 10.2. The molecule has 2 aromatic rings. The third-order valence-corrected chi connectivity index (χ3v) is 3.41. The van der Waals surface area contributed by atoms with E-state index in [9.17, 15) is 9.59 Å². The first-order valence-corrected chi connectivity index (χ1v) is 7.35. The van der Waals surface area contributed by atoms with Gasteiger partial charge in [-0.2, -0.15) is 0 Å². The molecule has 0 unspecified atom stereocenters. The fraction of sp³-hybridized carbons (Fsp3) is 0.176. The Hall–Kier alpha value is -2.53. The van der Waals surface area contributed by atoms with Crippen LogP contribution in [0.2, 0.25) is 5.02 Å². The van der Waals surface area contributed by atoms with Crippen molar-refractivity contribution in [1.82, 2.24) is 0 Å². The van der Waals surface area contributed by atoms with Gasteiger partial charge in [0.15, 0.2) is 0 Å². The van der Waals surface area contributed by atoms with E-state index in [4.69, 9.17) is 16.3 Å². The molecule has 0 aliphatic carbocycles. The molecule has 0 aliphatic heterocycles. The number of carbonyl (C=O) groups excluding carboxylic acids is 2. The number of ether oxygens (including phenoxy) is 1. The first-order valence-electron chi connectivity index (χ1n) is 6.97. The minimum absolute atomic E-state index is 0.0891. The molecule has 0 saturated carbocycles. The number of amides is 2. The van der Waals surface area contributed by atoms with Gasteiger partial charge in [-0.25, -0.2) is 0 Å². The number of hydrogen-bond acceptors (Lipinski definition) is 3. The van der Waals surface area contributed by atoms with E-state index in [-0.39, 0.29) is 18.4 Å². The second-order valence-electron chi connectivity index (χ2n) is 4.86. The zero-order valence-electron chi connectivity index (χ0n) is 12.9. The molecule has 2 amide bonds. The molecule has 5 nitrogen and oxygen atoms in total. The van der Waals surface area contributed by atoms with E-state index >= 15 is 0 Å². The summed E-state index contributed by atoms with van der Waals surface area (Å²) in [7, 11) is 1.57. The molecule has 0 spiro atoms. The van der Waals surface area contributed by atoms with Gasteiger partial charge < -0.3 is 15.0 Å². The SMILES string of the molecule is COc1ccc(N(CC(=O)Nc2cccc(Cl)c2)C(C)=O)cc1. The standard InChI is InChI=1S/C17H17ClN2O3/c1-12(21)20(15-6-8-16(23-2)9-7-15)11-17(22)19-14-5-3-4-13(18)10-14/h3-10H,11H2,1-2H3,(H,19,22). The van der Waals surface area contributed by atoms with E-state index in [1.54, 1.807) is 55.6 Å². The largest absolute Gasteiger partial charge is 0.497 e. The summed E-state index contributed by atoms with van der Waals surface area (Å²) in [5.74, 6) is 0.148. The van der Waals surface area contributed by atoms with Crippen molar-refractivity contribution < 1.29 is 14.3 Å². The van der Waals surface area contributed by atoms with E-state index in [0.29, 0.717) is 22.1 Å². The van der Waals surface area contributed by atoms with Crippen LogP contribution in [0.3, 0.4) is 0 Å². The highest BCUT2D eigenvalue weighted by Gasteiger charge is 2.16. The second kappa shape index (κ2) is 7.65. The highest BCUT2D eigenvalue weighted by atomic mass is 35.5. The van der Waals surface area contributed by atoms with Crippen molar-refractivity contribution in [1.29, 1.82) is 0 Å². The molecular weight excluding hydrogens is 316 g/mol. The fourth-order valence-electron chi connectivity index (χ4n) is 2.06. The number of rotatable bonds is 5. The second-order valence-corrected chi connectivity index (χ2v) is 5.30. The quantitative estimate of drug-likeness (QED) is 0.913. The first kappa shape index (κ1) is 16.8. The van der Waals surface area contributed by atoms with Crippen molar-refractivity contribution in [2.24, 2.45) is 0 Å².